The first-order valence-electron chi connectivity index (χ1n) is 35.9. The lowest BCUT2D eigenvalue weighted by molar-refractivity contribution is -0.145. The van der Waals surface area contributed by atoms with E-state index in [4.69, 9.17) is 51.7 Å². The van der Waals surface area contributed by atoms with Gasteiger partial charge in [0.25, 0.3) is 0 Å². The molecule has 584 valence electrons. The van der Waals surface area contributed by atoms with Crippen LogP contribution >= 0.6 is 11.6 Å². The number of halogens is 1. The summed E-state index contributed by atoms with van der Waals surface area (Å²) in [5, 5.41) is 44.3. The Morgan fingerprint density at radius 1 is 0.514 bits per heavy atom. The monoisotopic (exact) mass is 1500 g/mol. The van der Waals surface area contributed by atoms with Crippen molar-refractivity contribution in [1.29, 1.82) is 0 Å². The molecule has 1 saturated carbocycles. The highest BCUT2D eigenvalue weighted by Crippen LogP contribution is 2.30. The minimum atomic E-state index is -1.82. The molecule has 4 fully saturated rings. The van der Waals surface area contributed by atoms with Gasteiger partial charge in [0.2, 0.25) is 70.9 Å². The number of aliphatic carboxylic acids is 1. The Kier molecular flexibility index (Phi) is 35.7. The lowest BCUT2D eigenvalue weighted by atomic mass is 9.84. The Labute approximate surface area is 615 Å². The SMILES string of the molecule is CC(=O)NC[C@H](NC(=O)[C@H](CO)NC(=O)[C@H](CC(C)C)NC(=O)[C@H](CCCN=C(N)N)NC(=O)[C@@H]1CCCN1C(=O)[C@@H](N)CCCN=C(N)N)C(=O)N[C@@H](CCCN=C(N)N)C(=O)NCC(=O)N1CCC[C@H]1C(=O)N[C@@H](CC1CCCCC1)C(=O)N1CCC[C@H]1C(=O)N[C@@H](Cc1ccc(Cl)cc1)C(=O)O. The predicted octanol–water partition coefficient (Wildman–Crippen LogP) is -4.92. The van der Waals surface area contributed by atoms with Gasteiger partial charge in [-0.2, -0.15) is 0 Å². The van der Waals surface area contributed by atoms with E-state index >= 15 is 0 Å². The number of carbonyl (C=O) groups excluding carboxylic acids is 12. The summed E-state index contributed by atoms with van der Waals surface area (Å²) < 4.78 is 0. The number of nitrogens with zero attached hydrogens (tertiary/aromatic N) is 6. The van der Waals surface area contributed by atoms with Crippen molar-refractivity contribution in [3.8, 4) is 0 Å². The molecule has 105 heavy (non-hydrogen) atoms. The van der Waals surface area contributed by atoms with Gasteiger partial charge in [0.05, 0.1) is 19.2 Å². The van der Waals surface area contributed by atoms with Crippen LogP contribution in [0.5, 0.6) is 0 Å². The van der Waals surface area contributed by atoms with Gasteiger partial charge in [0.1, 0.15) is 60.4 Å². The number of carboxylic acid groups (broad SMARTS) is 1. The highest BCUT2D eigenvalue weighted by atomic mass is 35.5. The molecule has 0 aromatic heterocycles. The zero-order valence-corrected chi connectivity index (χ0v) is 60.9. The van der Waals surface area contributed by atoms with Crippen LogP contribution in [-0.4, -0.2) is 245 Å². The molecular formula is C67H109ClN22O15. The third-order valence-electron chi connectivity index (χ3n) is 18.6. The van der Waals surface area contributed by atoms with Gasteiger partial charge in [-0.3, -0.25) is 72.5 Å². The van der Waals surface area contributed by atoms with Crippen molar-refractivity contribution in [3.63, 3.8) is 0 Å². The van der Waals surface area contributed by atoms with E-state index in [1.807, 2.05) is 0 Å². The second-order valence-electron chi connectivity index (χ2n) is 27.4. The molecule has 0 radical (unpaired) electrons. The number of nitrogens with two attached hydrogens (primary N) is 7. The molecule has 4 aliphatic rings. The minimum absolute atomic E-state index is 0.0311. The lowest BCUT2D eigenvalue weighted by Crippen LogP contribution is -2.62. The first-order chi connectivity index (χ1) is 49.9. The van der Waals surface area contributed by atoms with Crippen LogP contribution in [0, 0.1) is 11.8 Å². The summed E-state index contributed by atoms with van der Waals surface area (Å²) in [6, 6.07) is -7.79. The summed E-state index contributed by atoms with van der Waals surface area (Å²) >= 11 is 6.03. The maximum absolute atomic E-state index is 14.7. The number of carbonyl (C=O) groups is 13. The second kappa shape index (κ2) is 43.6. The summed E-state index contributed by atoms with van der Waals surface area (Å²) in [5.74, 6) is -11.4. The standard InChI is InChI=1S/C67H109ClN22O15/c1-37(2)31-45(83-55(95)44(17-9-27-78-67(74)75)82-60(100)51-19-11-29-89(51)62(102)42(69)15-7-25-76-65(70)71)56(96)87-49(36-91)58(98)86-48(34-79-38(3)92)57(97)81-43(16-8-26-77-66(72)73)54(94)80-35-53(93)88-28-10-18-50(88)59(99)84-46(32-39-13-5-4-6-14-39)63(103)90-30-12-20-52(90)61(101)85-47(64(104)105)33-40-21-23-41(68)24-22-40/h21-24,37,39,42-52,91H,4-20,25-36,69H2,1-3H3,(H,79,92)(H,80,94)(H,81,97)(H,82,100)(H,83,95)(H,84,99)(H,85,101)(H,86,98)(H,87,96)(H,104,105)(H4,70,71,76)(H4,72,73,77)(H4,74,75,78)/t42-,43-,44-,45-,46-,47-,48-,49-,50-,51-,52-/m0/s1. The van der Waals surface area contributed by atoms with E-state index in [0.29, 0.717) is 36.3 Å². The number of guanidine groups is 3. The average molecular weight is 1500 g/mol. The Bertz CT molecular complexity index is 3250. The van der Waals surface area contributed by atoms with Crippen LogP contribution in [0.25, 0.3) is 0 Å². The quantitative estimate of drug-likeness (QED) is 0.0166. The number of aliphatic imine (C=N–C) groups is 3. The van der Waals surface area contributed by atoms with Crippen molar-refractivity contribution in [2.24, 2.45) is 66.9 Å². The second-order valence-corrected chi connectivity index (χ2v) is 27.8. The zero-order valence-electron chi connectivity index (χ0n) is 60.1. The van der Waals surface area contributed by atoms with Crippen molar-refractivity contribution >= 4 is 106 Å². The Hall–Kier alpha value is -9.65. The smallest absolute Gasteiger partial charge is 0.326 e. The Balaban J connectivity index is 1.27. The summed E-state index contributed by atoms with van der Waals surface area (Å²) in [6.45, 7) is 2.96. The van der Waals surface area contributed by atoms with Crippen LogP contribution in [0.4, 0.5) is 0 Å². The number of amides is 12. The zero-order chi connectivity index (χ0) is 77.4. The van der Waals surface area contributed by atoms with Crippen molar-refractivity contribution in [2.75, 3.05) is 59.0 Å². The van der Waals surface area contributed by atoms with Gasteiger partial charge >= 0.3 is 5.97 Å². The Morgan fingerprint density at radius 2 is 0.952 bits per heavy atom. The number of aliphatic hydroxyl groups is 1. The van der Waals surface area contributed by atoms with Gasteiger partial charge in [0, 0.05) is 64.2 Å². The molecule has 5 rings (SSSR count). The number of nitrogens with one attached hydrogen (secondary N) is 9. The number of hydrogen-bond donors (Lipinski definition) is 18. The first kappa shape index (κ1) is 86.0. The molecule has 1 aromatic rings. The van der Waals surface area contributed by atoms with Gasteiger partial charge in [0.15, 0.2) is 17.9 Å². The molecular weight excluding hydrogens is 1390 g/mol. The largest absolute Gasteiger partial charge is 0.480 e. The van der Waals surface area contributed by atoms with Crippen LogP contribution in [-0.2, 0) is 68.7 Å². The molecule has 0 unspecified atom stereocenters. The first-order valence-corrected chi connectivity index (χ1v) is 36.3. The highest BCUT2D eigenvalue weighted by molar-refractivity contribution is 6.30. The molecule has 11 atom stereocenters. The van der Waals surface area contributed by atoms with Crippen LogP contribution < -0.4 is 88.0 Å². The van der Waals surface area contributed by atoms with Gasteiger partial charge in [-0.1, -0.05) is 69.7 Å². The number of rotatable bonds is 41. The highest BCUT2D eigenvalue weighted by Gasteiger charge is 2.44. The summed E-state index contributed by atoms with van der Waals surface area (Å²) in [6.07, 6.45) is 7.13. The molecule has 3 saturated heterocycles. The van der Waals surface area contributed by atoms with Crippen molar-refractivity contribution in [2.45, 2.75) is 216 Å². The average Bonchev–Trinajstić information content (AvgIpc) is 1.74. The van der Waals surface area contributed by atoms with E-state index in [1.165, 1.54) is 14.7 Å². The molecule has 25 N–H and O–H groups in total. The Morgan fingerprint density at radius 3 is 1.47 bits per heavy atom. The maximum Gasteiger partial charge on any atom is 0.326 e. The van der Waals surface area contributed by atoms with E-state index in [2.05, 4.69) is 62.8 Å². The molecule has 12 amide bonds. The number of carboxylic acids is 1. The minimum Gasteiger partial charge on any atom is -0.480 e. The molecule has 3 aliphatic heterocycles. The number of aliphatic hydroxyl groups excluding tert-OH is 1. The molecule has 1 aromatic carbocycles. The predicted molar refractivity (Wildman–Crippen MR) is 388 cm³/mol. The van der Waals surface area contributed by atoms with Crippen LogP contribution in [0.15, 0.2) is 39.2 Å². The summed E-state index contributed by atoms with van der Waals surface area (Å²) in [5.41, 5.74) is 39.8. The lowest BCUT2D eigenvalue weighted by Gasteiger charge is -2.33. The third kappa shape index (κ3) is 28.7. The van der Waals surface area contributed by atoms with Crippen LogP contribution in [0.2, 0.25) is 5.02 Å². The molecule has 3 heterocycles. The number of hydrogen-bond acceptors (Lipinski definition) is 18. The van der Waals surface area contributed by atoms with Gasteiger partial charge in [-0.25, -0.2) is 4.79 Å². The molecule has 0 bridgehead atoms. The molecule has 1 aliphatic carbocycles. The van der Waals surface area contributed by atoms with Crippen molar-refractivity contribution in [3.05, 3.63) is 34.9 Å². The summed E-state index contributed by atoms with van der Waals surface area (Å²) in [7, 11) is 0. The third-order valence-corrected chi connectivity index (χ3v) is 18.9. The normalized spacial score (nSPS) is 18.8. The van der Waals surface area contributed by atoms with E-state index < -0.39 is 163 Å². The van der Waals surface area contributed by atoms with E-state index in [0.717, 1.165) is 39.0 Å². The fraction of sp³-hybridized carbons (Fsp3) is 0.672. The summed E-state index contributed by atoms with van der Waals surface area (Å²) in [4.78, 5) is 196. The van der Waals surface area contributed by atoms with Crippen molar-refractivity contribution < 1.29 is 72.5 Å². The van der Waals surface area contributed by atoms with Gasteiger partial charge in [-0.15, -0.1) is 0 Å². The fourth-order valence-electron chi connectivity index (χ4n) is 13.2. The van der Waals surface area contributed by atoms with E-state index in [-0.39, 0.29) is 140 Å². The molecule has 0 spiro atoms. The van der Waals surface area contributed by atoms with E-state index in [9.17, 15) is 72.5 Å². The van der Waals surface area contributed by atoms with Gasteiger partial charge < -0.3 is 113 Å². The van der Waals surface area contributed by atoms with Crippen LogP contribution in [0.3, 0.4) is 0 Å². The topological polar surface area (TPSA) is 600 Å². The van der Waals surface area contributed by atoms with E-state index in [1.54, 1.807) is 38.1 Å². The number of likely N-dealkylation sites (tertiary alicyclic amines) is 3. The fourth-order valence-corrected chi connectivity index (χ4v) is 13.3. The van der Waals surface area contributed by atoms with Gasteiger partial charge in [-0.05, 0) is 119 Å². The number of benzene rings is 1. The molecule has 37 nitrogen and oxygen atoms in total. The molecule has 38 heteroatoms. The maximum atomic E-state index is 14.7. The van der Waals surface area contributed by atoms with Crippen LogP contribution in [0.1, 0.15) is 148 Å². The van der Waals surface area contributed by atoms with Crippen molar-refractivity contribution in [1.82, 2.24) is 62.6 Å².